The summed E-state index contributed by atoms with van der Waals surface area (Å²) < 4.78 is 16.5. The van der Waals surface area contributed by atoms with Crippen LogP contribution in [-0.4, -0.2) is 49.6 Å². The molecule has 4 rings (SSSR count). The Kier molecular flexibility index (Phi) is 9.24. The minimum atomic E-state index is -1.44. The molecule has 1 unspecified atom stereocenters. The van der Waals surface area contributed by atoms with E-state index < -0.39 is 17.4 Å². The zero-order valence-corrected chi connectivity index (χ0v) is 24.8. The second-order valence-electron chi connectivity index (χ2n) is 8.44. The second-order valence-corrected chi connectivity index (χ2v) is 8.44. The van der Waals surface area contributed by atoms with Crippen LogP contribution >= 0.6 is 0 Å². The molecule has 0 saturated heterocycles. The van der Waals surface area contributed by atoms with Gasteiger partial charge >= 0.3 is 31.1 Å². The van der Waals surface area contributed by atoms with E-state index in [-0.39, 0.29) is 56.6 Å². The summed E-state index contributed by atoms with van der Waals surface area (Å²) in [4.78, 5) is 28.1. The Hall–Kier alpha value is -2.79. The van der Waals surface area contributed by atoms with E-state index in [1.54, 1.807) is 20.1 Å². The predicted octanol–water partition coefficient (Wildman–Crippen LogP) is 4.39. The third kappa shape index (κ3) is 5.62. The Balaban J connectivity index is 0.00000361. The summed E-state index contributed by atoms with van der Waals surface area (Å²) >= 11 is 0. The van der Waals surface area contributed by atoms with Gasteiger partial charge in [-0.25, -0.2) is 0 Å². The SMILES string of the molecule is [CH2-]C(C)(C(=O)NCc1ccc2ccccc2c1OC)N(CCOC)C(=O)c1[c-]c2ccccc2o1.[U+2]. The van der Waals surface area contributed by atoms with E-state index in [9.17, 15) is 9.59 Å². The fourth-order valence-corrected chi connectivity index (χ4v) is 4.05. The third-order valence-corrected chi connectivity index (χ3v) is 6.00. The van der Waals surface area contributed by atoms with E-state index in [2.05, 4.69) is 18.3 Å². The van der Waals surface area contributed by atoms with Crippen LogP contribution in [0, 0.1) is 44.1 Å². The largest absolute Gasteiger partial charge is 2.00 e. The Morgan fingerprint density at radius 1 is 1.08 bits per heavy atom. The van der Waals surface area contributed by atoms with Crippen molar-refractivity contribution in [3.05, 3.63) is 85.0 Å². The van der Waals surface area contributed by atoms with Gasteiger partial charge in [-0.2, -0.15) is 0 Å². The van der Waals surface area contributed by atoms with Gasteiger partial charge in [0.25, 0.3) is 0 Å². The zero-order chi connectivity index (χ0) is 25.0. The number of carbonyl (C=O) groups excluding carboxylic acids is 2. The molecule has 0 aliphatic heterocycles. The molecule has 1 aromatic heterocycles. The molecule has 36 heavy (non-hydrogen) atoms. The van der Waals surface area contributed by atoms with Crippen LogP contribution in [0.5, 0.6) is 5.75 Å². The molecule has 0 aliphatic rings. The maximum atomic E-state index is 13.4. The predicted molar refractivity (Wildman–Crippen MR) is 134 cm³/mol. The first kappa shape index (κ1) is 27.8. The van der Waals surface area contributed by atoms with Crippen LogP contribution < -0.4 is 10.1 Å². The molecule has 184 valence electrons. The number of furan rings is 1. The molecule has 1 atom stereocenters. The minimum Gasteiger partial charge on any atom is -0.514 e. The fraction of sp³-hybridized carbons (Fsp3) is 0.250. The van der Waals surface area contributed by atoms with E-state index in [4.69, 9.17) is 13.9 Å². The van der Waals surface area contributed by atoms with E-state index in [1.165, 1.54) is 12.0 Å². The van der Waals surface area contributed by atoms with E-state index in [1.807, 2.05) is 54.6 Å². The van der Waals surface area contributed by atoms with Crippen molar-refractivity contribution in [3.63, 3.8) is 0 Å². The van der Waals surface area contributed by atoms with Gasteiger partial charge in [-0.1, -0.05) is 61.5 Å². The van der Waals surface area contributed by atoms with Gasteiger partial charge in [-0.15, -0.1) is 17.5 Å². The number of benzene rings is 3. The number of carbonyl (C=O) groups is 2. The van der Waals surface area contributed by atoms with Gasteiger partial charge in [0.2, 0.25) is 11.8 Å². The Bertz CT molecular complexity index is 1330. The quantitative estimate of drug-likeness (QED) is 0.261. The number of para-hydroxylation sites is 1. The van der Waals surface area contributed by atoms with Gasteiger partial charge in [0, 0.05) is 36.7 Å². The van der Waals surface area contributed by atoms with Crippen molar-refractivity contribution >= 4 is 33.6 Å². The smallest absolute Gasteiger partial charge is 0.514 e. The molecule has 4 aromatic rings. The molecule has 8 heteroatoms. The number of rotatable bonds is 9. The average Bonchev–Trinajstić information content (AvgIpc) is 3.31. The standard InChI is InChI=1S/C28H28N2O5.U/c1-28(2,27(32)29-18-21-14-13-19-9-5-7-11-22(19)25(21)34-4)30(15-16-33-3)26(31)24-17-20-10-6-8-12-23(20)35-24;/h5-14H,1,15-16,18H2,2-4H3,(H,29,32);/q-2;+2. The van der Waals surface area contributed by atoms with Gasteiger partial charge in [-0.05, 0) is 10.9 Å². The molecule has 1 N–H and O–H groups in total. The number of ether oxygens (including phenoxy) is 2. The molecule has 7 nitrogen and oxygen atoms in total. The van der Waals surface area contributed by atoms with Gasteiger partial charge in [0.1, 0.15) is 5.75 Å². The Morgan fingerprint density at radius 2 is 1.81 bits per heavy atom. The Morgan fingerprint density at radius 3 is 2.53 bits per heavy atom. The third-order valence-electron chi connectivity index (χ3n) is 6.00. The summed E-state index contributed by atoms with van der Waals surface area (Å²) in [6, 6.07) is 22.0. The number of hydrogen-bond acceptors (Lipinski definition) is 5. The maximum absolute atomic E-state index is 13.4. The van der Waals surface area contributed by atoms with Gasteiger partial charge in [0.15, 0.2) is 0 Å². The van der Waals surface area contributed by atoms with Crippen molar-refractivity contribution in [1.29, 1.82) is 0 Å². The van der Waals surface area contributed by atoms with Gasteiger partial charge in [0.05, 0.1) is 19.5 Å². The first-order valence-electron chi connectivity index (χ1n) is 11.3. The van der Waals surface area contributed by atoms with E-state index in [0.29, 0.717) is 16.7 Å². The van der Waals surface area contributed by atoms with E-state index in [0.717, 1.165) is 16.3 Å². The number of nitrogens with zero attached hydrogens (tertiary/aromatic N) is 1. The van der Waals surface area contributed by atoms with Crippen LogP contribution in [0.1, 0.15) is 23.0 Å². The number of nitrogens with one attached hydrogen (secondary N) is 1. The van der Waals surface area contributed by atoms with Gasteiger partial charge in [-0.3, -0.25) is 4.79 Å². The molecule has 0 spiro atoms. The summed E-state index contributed by atoms with van der Waals surface area (Å²) in [5.74, 6) is -0.206. The van der Waals surface area contributed by atoms with Gasteiger partial charge < -0.3 is 35.8 Å². The number of fused-ring (bicyclic) bond motifs is 2. The summed E-state index contributed by atoms with van der Waals surface area (Å²) in [6.07, 6.45) is 0. The number of methoxy groups -OCH3 is 2. The van der Waals surface area contributed by atoms with Crippen LogP contribution in [0.25, 0.3) is 21.7 Å². The summed E-state index contributed by atoms with van der Waals surface area (Å²) in [5, 5.41) is 5.59. The maximum Gasteiger partial charge on any atom is 2.00 e. The van der Waals surface area contributed by atoms with E-state index >= 15 is 0 Å². The first-order valence-corrected chi connectivity index (χ1v) is 11.3. The first-order chi connectivity index (χ1) is 16.9. The van der Waals surface area contributed by atoms with Crippen LogP contribution in [0.15, 0.2) is 65.1 Å². The molecule has 0 radical (unpaired) electrons. The molecular formula is C28H28N2O5U. The molecule has 2 amide bonds. The Labute approximate surface area is 234 Å². The van der Waals surface area contributed by atoms with Crippen LogP contribution in [0.2, 0.25) is 0 Å². The van der Waals surface area contributed by atoms with Crippen molar-refractivity contribution in [2.24, 2.45) is 0 Å². The second kappa shape index (κ2) is 12.0. The molecule has 1 heterocycles. The van der Waals surface area contributed by atoms with Crippen molar-refractivity contribution in [3.8, 4) is 5.75 Å². The number of amides is 2. The topological polar surface area (TPSA) is 81.0 Å². The van der Waals surface area contributed by atoms with Crippen molar-refractivity contribution < 1.29 is 54.6 Å². The summed E-state index contributed by atoms with van der Waals surface area (Å²) in [7, 11) is 3.13. The summed E-state index contributed by atoms with van der Waals surface area (Å²) in [6.45, 7) is 6.25. The van der Waals surface area contributed by atoms with Crippen molar-refractivity contribution in [2.45, 2.75) is 19.0 Å². The zero-order valence-electron chi connectivity index (χ0n) is 20.6. The molecule has 0 bridgehead atoms. The molecule has 0 fully saturated rings. The monoisotopic (exact) mass is 710 g/mol. The normalized spacial score (nSPS) is 12.6. The van der Waals surface area contributed by atoms with Crippen molar-refractivity contribution in [2.75, 3.05) is 27.4 Å². The fourth-order valence-electron chi connectivity index (χ4n) is 4.05. The molecule has 3 aromatic carbocycles. The molecular weight excluding hydrogens is 682 g/mol. The van der Waals surface area contributed by atoms with Crippen LogP contribution in [0.3, 0.4) is 0 Å². The molecule has 0 saturated carbocycles. The van der Waals surface area contributed by atoms with Crippen LogP contribution in [-0.2, 0) is 16.1 Å². The van der Waals surface area contributed by atoms with Crippen molar-refractivity contribution in [1.82, 2.24) is 10.2 Å². The summed E-state index contributed by atoms with van der Waals surface area (Å²) in [5.41, 5.74) is -0.0798. The van der Waals surface area contributed by atoms with Crippen LogP contribution in [0.4, 0.5) is 0 Å². The average molecular weight is 711 g/mol. The minimum absolute atomic E-state index is 0. The molecule has 0 aliphatic carbocycles. The number of hydrogen-bond donors (Lipinski definition) is 1.